The molecule has 1 aromatic heterocycles. The van der Waals surface area contributed by atoms with Crippen molar-refractivity contribution in [3.05, 3.63) is 54.6 Å². The third-order valence-electron chi connectivity index (χ3n) is 5.28. The van der Waals surface area contributed by atoms with Crippen LogP contribution in [0.25, 0.3) is 0 Å². The van der Waals surface area contributed by atoms with Gasteiger partial charge in [-0.1, -0.05) is 27.4 Å². The van der Waals surface area contributed by atoms with Crippen LogP contribution in [-0.4, -0.2) is 41.8 Å². The molecule has 0 saturated carbocycles. The third-order valence-corrected chi connectivity index (χ3v) is 5.28. The Morgan fingerprint density at radius 3 is 2.39 bits per heavy atom. The number of hydrogen-bond donors (Lipinski definition) is 4. The zero-order valence-corrected chi connectivity index (χ0v) is 19.1. The molecule has 9 nitrogen and oxygen atoms in total. The van der Waals surface area contributed by atoms with E-state index in [-0.39, 0.29) is 23.4 Å². The van der Waals surface area contributed by atoms with E-state index in [0.717, 1.165) is 6.42 Å². The number of rotatable bonds is 7. The van der Waals surface area contributed by atoms with E-state index in [9.17, 15) is 14.4 Å². The van der Waals surface area contributed by atoms with Crippen molar-refractivity contribution in [1.82, 2.24) is 10.3 Å². The first kappa shape index (κ1) is 23.8. The van der Waals surface area contributed by atoms with Crippen LogP contribution in [0.2, 0.25) is 0 Å². The minimum absolute atomic E-state index is 0.000351. The summed E-state index contributed by atoms with van der Waals surface area (Å²) in [6, 6.07) is 10.5. The molecule has 1 saturated heterocycles. The molecular weight excluding hydrogens is 420 g/mol. The molecule has 1 aromatic carbocycles. The highest BCUT2D eigenvalue weighted by molar-refractivity contribution is 5.99. The second-order valence-electron chi connectivity index (χ2n) is 8.98. The SMILES string of the molecule is C=CC(=O)N[C@H]1CCN(c2ccc(C(N)=O)c(Nc3ccc(NC(=O)C(C)(C)C)cc3)n2)C1. The quantitative estimate of drug-likeness (QED) is 0.480. The Morgan fingerprint density at radius 2 is 1.79 bits per heavy atom. The fourth-order valence-electron chi connectivity index (χ4n) is 3.36. The average molecular weight is 451 g/mol. The van der Waals surface area contributed by atoms with Crippen molar-refractivity contribution in [2.24, 2.45) is 11.1 Å². The van der Waals surface area contributed by atoms with Gasteiger partial charge in [-0.3, -0.25) is 14.4 Å². The van der Waals surface area contributed by atoms with Gasteiger partial charge in [0.1, 0.15) is 11.6 Å². The molecule has 2 heterocycles. The zero-order valence-electron chi connectivity index (χ0n) is 19.1. The van der Waals surface area contributed by atoms with Crippen LogP contribution in [0.15, 0.2) is 49.1 Å². The predicted molar refractivity (Wildman–Crippen MR) is 130 cm³/mol. The van der Waals surface area contributed by atoms with Crippen molar-refractivity contribution in [1.29, 1.82) is 0 Å². The molecule has 0 spiro atoms. The first-order valence-corrected chi connectivity index (χ1v) is 10.7. The molecule has 0 unspecified atom stereocenters. The van der Waals surface area contributed by atoms with Crippen molar-refractivity contribution in [3.63, 3.8) is 0 Å². The molecule has 0 bridgehead atoms. The van der Waals surface area contributed by atoms with E-state index in [4.69, 9.17) is 5.73 Å². The van der Waals surface area contributed by atoms with Gasteiger partial charge in [-0.15, -0.1) is 0 Å². The van der Waals surface area contributed by atoms with Crippen molar-refractivity contribution >= 4 is 40.7 Å². The molecule has 3 amide bonds. The highest BCUT2D eigenvalue weighted by atomic mass is 16.2. The number of anilines is 4. The number of pyridine rings is 1. The monoisotopic (exact) mass is 450 g/mol. The zero-order chi connectivity index (χ0) is 24.2. The third kappa shape index (κ3) is 6.09. The van der Waals surface area contributed by atoms with E-state index in [2.05, 4.69) is 27.5 Å². The van der Waals surface area contributed by atoms with Crippen LogP contribution in [0.4, 0.5) is 23.0 Å². The van der Waals surface area contributed by atoms with E-state index in [1.54, 1.807) is 36.4 Å². The number of aromatic nitrogens is 1. The highest BCUT2D eigenvalue weighted by Crippen LogP contribution is 2.26. The highest BCUT2D eigenvalue weighted by Gasteiger charge is 2.25. The minimum atomic E-state index is -0.594. The first-order chi connectivity index (χ1) is 15.6. The summed E-state index contributed by atoms with van der Waals surface area (Å²) >= 11 is 0. The molecule has 33 heavy (non-hydrogen) atoms. The summed E-state index contributed by atoms with van der Waals surface area (Å²) in [6.45, 7) is 10.3. The maximum absolute atomic E-state index is 12.2. The lowest BCUT2D eigenvalue weighted by Crippen LogP contribution is -2.36. The Labute approximate surface area is 193 Å². The molecule has 0 radical (unpaired) electrons. The molecule has 2 aromatic rings. The largest absolute Gasteiger partial charge is 0.365 e. The lowest BCUT2D eigenvalue weighted by atomic mass is 9.95. The molecule has 1 atom stereocenters. The number of nitrogens with two attached hydrogens (primary N) is 1. The number of nitrogens with zero attached hydrogens (tertiary/aromatic N) is 2. The number of carbonyl (C=O) groups excluding carboxylic acids is 3. The molecule has 5 N–H and O–H groups in total. The fourth-order valence-corrected chi connectivity index (χ4v) is 3.36. The fraction of sp³-hybridized carbons (Fsp3) is 0.333. The van der Waals surface area contributed by atoms with E-state index in [1.165, 1.54) is 6.08 Å². The van der Waals surface area contributed by atoms with Crippen LogP contribution in [0.3, 0.4) is 0 Å². The van der Waals surface area contributed by atoms with Crippen LogP contribution in [-0.2, 0) is 9.59 Å². The van der Waals surface area contributed by atoms with E-state index >= 15 is 0 Å². The van der Waals surface area contributed by atoms with Crippen LogP contribution in [0.1, 0.15) is 37.6 Å². The van der Waals surface area contributed by atoms with Gasteiger partial charge in [0.2, 0.25) is 11.8 Å². The molecule has 3 rings (SSSR count). The van der Waals surface area contributed by atoms with Gasteiger partial charge in [0.05, 0.1) is 5.56 Å². The Hall–Kier alpha value is -3.88. The maximum atomic E-state index is 12.2. The summed E-state index contributed by atoms with van der Waals surface area (Å²) in [5.41, 5.74) is 6.67. The number of hydrogen-bond acceptors (Lipinski definition) is 6. The van der Waals surface area contributed by atoms with Crippen LogP contribution in [0.5, 0.6) is 0 Å². The lowest BCUT2D eigenvalue weighted by Gasteiger charge is -2.20. The summed E-state index contributed by atoms with van der Waals surface area (Å²) in [5.74, 6) is 0.130. The Kier molecular flexibility index (Phi) is 7.01. The second-order valence-corrected chi connectivity index (χ2v) is 8.98. The first-order valence-electron chi connectivity index (χ1n) is 10.7. The number of benzene rings is 1. The van der Waals surface area contributed by atoms with Gasteiger partial charge in [-0.05, 0) is 48.9 Å². The Bertz CT molecular complexity index is 1060. The van der Waals surface area contributed by atoms with Gasteiger partial charge in [0.25, 0.3) is 5.91 Å². The van der Waals surface area contributed by atoms with Crippen molar-refractivity contribution < 1.29 is 14.4 Å². The molecule has 1 fully saturated rings. The number of nitrogens with one attached hydrogen (secondary N) is 3. The summed E-state index contributed by atoms with van der Waals surface area (Å²) in [4.78, 5) is 42.3. The molecule has 1 aliphatic heterocycles. The summed E-state index contributed by atoms with van der Waals surface area (Å²) in [5, 5.41) is 8.91. The number of primary amides is 1. The summed E-state index contributed by atoms with van der Waals surface area (Å²) in [7, 11) is 0. The van der Waals surface area contributed by atoms with Crippen LogP contribution < -0.4 is 26.6 Å². The second kappa shape index (κ2) is 9.72. The summed E-state index contributed by atoms with van der Waals surface area (Å²) in [6.07, 6.45) is 2.04. The van der Waals surface area contributed by atoms with E-state index in [0.29, 0.717) is 36.1 Å². The van der Waals surface area contributed by atoms with Crippen LogP contribution >= 0.6 is 0 Å². The van der Waals surface area contributed by atoms with Crippen molar-refractivity contribution in [2.75, 3.05) is 28.6 Å². The molecule has 174 valence electrons. The Morgan fingerprint density at radius 1 is 1.12 bits per heavy atom. The lowest BCUT2D eigenvalue weighted by molar-refractivity contribution is -0.123. The molecule has 0 aliphatic carbocycles. The van der Waals surface area contributed by atoms with Gasteiger partial charge in [0, 0.05) is 35.9 Å². The Balaban J connectivity index is 1.75. The predicted octanol–water partition coefficient (Wildman–Crippen LogP) is 2.79. The topological polar surface area (TPSA) is 129 Å². The van der Waals surface area contributed by atoms with Gasteiger partial charge >= 0.3 is 0 Å². The van der Waals surface area contributed by atoms with E-state index in [1.807, 2.05) is 25.7 Å². The molecular formula is C24H30N6O3. The van der Waals surface area contributed by atoms with Crippen molar-refractivity contribution in [2.45, 2.75) is 33.2 Å². The smallest absolute Gasteiger partial charge is 0.252 e. The average Bonchev–Trinajstić information content (AvgIpc) is 3.22. The number of amides is 3. The van der Waals surface area contributed by atoms with Gasteiger partial charge in [0.15, 0.2) is 0 Å². The van der Waals surface area contributed by atoms with Gasteiger partial charge < -0.3 is 26.6 Å². The molecule has 9 heteroatoms. The van der Waals surface area contributed by atoms with Gasteiger partial charge in [-0.2, -0.15) is 0 Å². The number of carbonyl (C=O) groups is 3. The summed E-state index contributed by atoms with van der Waals surface area (Å²) < 4.78 is 0. The van der Waals surface area contributed by atoms with Gasteiger partial charge in [-0.25, -0.2) is 4.98 Å². The van der Waals surface area contributed by atoms with E-state index < -0.39 is 11.3 Å². The maximum Gasteiger partial charge on any atom is 0.252 e. The molecule has 1 aliphatic rings. The normalized spacial score (nSPS) is 15.6. The van der Waals surface area contributed by atoms with Crippen molar-refractivity contribution in [3.8, 4) is 0 Å². The minimum Gasteiger partial charge on any atom is -0.365 e. The van der Waals surface area contributed by atoms with Crippen LogP contribution in [0, 0.1) is 5.41 Å². The standard InChI is InChI=1S/C24H30N6O3/c1-5-20(31)26-17-12-13-30(14-17)19-11-10-18(21(25)32)22(29-19)27-15-6-8-16(9-7-15)28-23(33)24(2,3)4/h5-11,17H,1,12-14H2,2-4H3,(H2,25,32)(H,26,31)(H,27,29)(H,28,33)/t17-/m0/s1.